The highest BCUT2D eigenvalue weighted by atomic mass is 19.1. The number of β-amino-alcohol motifs (C(OH)–C–C–N with tert-alkyl or cyclic N) is 1. The van der Waals surface area contributed by atoms with Crippen molar-refractivity contribution in [3.8, 4) is 0 Å². The molecule has 1 aliphatic rings. The highest BCUT2D eigenvalue weighted by Gasteiger charge is 2.32. The molecular formula is C15H18FN3O2. The van der Waals surface area contributed by atoms with Gasteiger partial charge in [-0.2, -0.15) is 4.98 Å². The zero-order chi connectivity index (χ0) is 14.8. The summed E-state index contributed by atoms with van der Waals surface area (Å²) in [6.07, 6.45) is 0.943. The van der Waals surface area contributed by atoms with Gasteiger partial charge in [-0.25, -0.2) is 4.39 Å². The van der Waals surface area contributed by atoms with E-state index < -0.39 is 6.10 Å². The van der Waals surface area contributed by atoms with Crippen LogP contribution in [0.1, 0.15) is 36.7 Å². The number of benzene rings is 1. The van der Waals surface area contributed by atoms with Crippen LogP contribution in [-0.4, -0.2) is 32.8 Å². The Morgan fingerprint density at radius 2 is 2.14 bits per heavy atom. The highest BCUT2D eigenvalue weighted by molar-refractivity contribution is 5.21. The summed E-state index contributed by atoms with van der Waals surface area (Å²) in [4.78, 5) is 6.40. The monoisotopic (exact) mass is 291 g/mol. The van der Waals surface area contributed by atoms with E-state index in [1.165, 1.54) is 12.1 Å². The summed E-state index contributed by atoms with van der Waals surface area (Å²) >= 11 is 0. The van der Waals surface area contributed by atoms with E-state index in [1.54, 1.807) is 12.1 Å². The third kappa shape index (κ3) is 3.11. The Labute approximate surface area is 122 Å². The second kappa shape index (κ2) is 5.91. The molecule has 0 amide bonds. The molecule has 0 saturated carbocycles. The van der Waals surface area contributed by atoms with Gasteiger partial charge >= 0.3 is 0 Å². The molecule has 0 radical (unpaired) electrons. The van der Waals surface area contributed by atoms with E-state index in [0.717, 1.165) is 5.56 Å². The number of aliphatic hydroxyl groups is 1. The molecule has 1 aliphatic heterocycles. The molecule has 6 heteroatoms. The van der Waals surface area contributed by atoms with Gasteiger partial charge in [-0.05, 0) is 24.1 Å². The van der Waals surface area contributed by atoms with Crippen LogP contribution in [0.25, 0.3) is 0 Å². The smallest absolute Gasteiger partial charge is 0.226 e. The number of likely N-dealkylation sites (tertiary alicyclic amines) is 1. The van der Waals surface area contributed by atoms with E-state index in [0.29, 0.717) is 37.6 Å². The molecule has 0 unspecified atom stereocenters. The van der Waals surface area contributed by atoms with Crippen LogP contribution in [-0.2, 0) is 13.0 Å². The largest absolute Gasteiger partial charge is 0.392 e. The van der Waals surface area contributed by atoms with E-state index in [2.05, 4.69) is 15.0 Å². The minimum absolute atomic E-state index is 0.0455. The van der Waals surface area contributed by atoms with Crippen LogP contribution in [0, 0.1) is 5.82 Å². The van der Waals surface area contributed by atoms with Crippen LogP contribution < -0.4 is 0 Å². The van der Waals surface area contributed by atoms with Crippen LogP contribution in [0.3, 0.4) is 0 Å². The van der Waals surface area contributed by atoms with Gasteiger partial charge in [0, 0.05) is 19.0 Å². The van der Waals surface area contributed by atoms with Gasteiger partial charge in [0.1, 0.15) is 5.82 Å². The SMILES string of the molecule is CCc1nc(CN2C[C@H](O)C[C@H]2c2ccc(F)cc2)no1. The second-order valence-corrected chi connectivity index (χ2v) is 5.34. The topological polar surface area (TPSA) is 62.4 Å². The predicted molar refractivity (Wildman–Crippen MR) is 73.9 cm³/mol. The first-order valence-corrected chi connectivity index (χ1v) is 7.14. The molecule has 3 rings (SSSR count). The summed E-state index contributed by atoms with van der Waals surface area (Å²) in [5, 5.41) is 13.9. The van der Waals surface area contributed by atoms with E-state index in [9.17, 15) is 9.50 Å². The lowest BCUT2D eigenvalue weighted by Crippen LogP contribution is -2.25. The van der Waals surface area contributed by atoms with Crippen molar-refractivity contribution < 1.29 is 14.0 Å². The van der Waals surface area contributed by atoms with Crippen molar-refractivity contribution in [1.29, 1.82) is 0 Å². The first-order valence-electron chi connectivity index (χ1n) is 7.14. The Morgan fingerprint density at radius 3 is 2.81 bits per heavy atom. The van der Waals surface area contributed by atoms with Crippen molar-refractivity contribution >= 4 is 0 Å². The van der Waals surface area contributed by atoms with E-state index >= 15 is 0 Å². The van der Waals surface area contributed by atoms with Crippen LogP contribution in [0.5, 0.6) is 0 Å². The molecule has 2 heterocycles. The van der Waals surface area contributed by atoms with Gasteiger partial charge in [0.2, 0.25) is 5.89 Å². The lowest BCUT2D eigenvalue weighted by atomic mass is 10.0. The third-order valence-corrected chi connectivity index (χ3v) is 3.79. The fourth-order valence-electron chi connectivity index (χ4n) is 2.77. The summed E-state index contributed by atoms with van der Waals surface area (Å²) in [5.74, 6) is 0.978. The molecule has 0 aliphatic carbocycles. The average Bonchev–Trinajstić information content (AvgIpc) is 3.07. The van der Waals surface area contributed by atoms with E-state index in [1.807, 2.05) is 6.92 Å². The highest BCUT2D eigenvalue weighted by Crippen LogP contribution is 2.33. The molecule has 0 spiro atoms. The van der Waals surface area contributed by atoms with Crippen LogP contribution in [0.2, 0.25) is 0 Å². The van der Waals surface area contributed by atoms with E-state index in [4.69, 9.17) is 4.52 Å². The summed E-state index contributed by atoms with van der Waals surface area (Å²) in [5.41, 5.74) is 0.993. The van der Waals surface area contributed by atoms with Gasteiger partial charge in [0.15, 0.2) is 5.82 Å². The van der Waals surface area contributed by atoms with Crippen molar-refractivity contribution in [3.63, 3.8) is 0 Å². The summed E-state index contributed by atoms with van der Waals surface area (Å²) < 4.78 is 18.1. The molecule has 5 nitrogen and oxygen atoms in total. The number of rotatable bonds is 4. The van der Waals surface area contributed by atoms with Gasteiger partial charge in [-0.15, -0.1) is 0 Å². The Kier molecular flexibility index (Phi) is 3.98. The standard InChI is InChI=1S/C15H18FN3O2/c1-2-15-17-14(18-21-15)9-19-8-12(20)7-13(19)10-3-5-11(16)6-4-10/h3-6,12-13,20H,2,7-9H2,1H3/t12-,13+/m1/s1. The first-order chi connectivity index (χ1) is 10.2. The van der Waals surface area contributed by atoms with Gasteiger partial charge < -0.3 is 9.63 Å². The molecular weight excluding hydrogens is 273 g/mol. The van der Waals surface area contributed by atoms with Crippen molar-refractivity contribution in [1.82, 2.24) is 15.0 Å². The minimum Gasteiger partial charge on any atom is -0.392 e. The first kappa shape index (κ1) is 14.2. The maximum Gasteiger partial charge on any atom is 0.226 e. The van der Waals surface area contributed by atoms with Crippen LogP contribution in [0.15, 0.2) is 28.8 Å². The lowest BCUT2D eigenvalue weighted by Gasteiger charge is -2.22. The van der Waals surface area contributed by atoms with Gasteiger partial charge in [0.25, 0.3) is 0 Å². The Hall–Kier alpha value is -1.79. The molecule has 0 bridgehead atoms. The molecule has 1 saturated heterocycles. The van der Waals surface area contributed by atoms with Crippen LogP contribution in [0.4, 0.5) is 4.39 Å². The lowest BCUT2D eigenvalue weighted by molar-refractivity contribution is 0.170. The number of aliphatic hydroxyl groups excluding tert-OH is 1. The number of hydrogen-bond donors (Lipinski definition) is 1. The molecule has 2 aromatic rings. The molecule has 2 atom stereocenters. The molecule has 21 heavy (non-hydrogen) atoms. The molecule has 112 valence electrons. The molecule has 1 N–H and O–H groups in total. The molecule has 1 aromatic carbocycles. The number of halogens is 1. The van der Waals surface area contributed by atoms with Crippen molar-refractivity contribution in [2.75, 3.05) is 6.54 Å². The van der Waals surface area contributed by atoms with Gasteiger partial charge in [-0.1, -0.05) is 24.2 Å². The number of aryl methyl sites for hydroxylation is 1. The van der Waals surface area contributed by atoms with Gasteiger partial charge in [0.05, 0.1) is 12.6 Å². The average molecular weight is 291 g/mol. The molecule has 1 aromatic heterocycles. The number of hydrogen-bond acceptors (Lipinski definition) is 5. The quantitative estimate of drug-likeness (QED) is 0.934. The summed E-state index contributed by atoms with van der Waals surface area (Å²) in [7, 11) is 0. The number of aromatic nitrogens is 2. The maximum atomic E-state index is 13.0. The Bertz CT molecular complexity index is 599. The Balaban J connectivity index is 1.77. The zero-order valence-corrected chi connectivity index (χ0v) is 11.9. The fourth-order valence-corrected chi connectivity index (χ4v) is 2.77. The maximum absolute atomic E-state index is 13.0. The minimum atomic E-state index is -0.391. The predicted octanol–water partition coefficient (Wildman–Crippen LogP) is 2.08. The van der Waals surface area contributed by atoms with Crippen molar-refractivity contribution in [3.05, 3.63) is 47.4 Å². The van der Waals surface area contributed by atoms with Gasteiger partial charge in [-0.3, -0.25) is 4.90 Å². The summed E-state index contributed by atoms with van der Waals surface area (Å²) in [6.45, 7) is 3.03. The van der Waals surface area contributed by atoms with Crippen molar-refractivity contribution in [2.24, 2.45) is 0 Å². The van der Waals surface area contributed by atoms with Crippen LogP contribution >= 0.6 is 0 Å². The second-order valence-electron chi connectivity index (χ2n) is 5.34. The third-order valence-electron chi connectivity index (χ3n) is 3.79. The molecule has 1 fully saturated rings. The van der Waals surface area contributed by atoms with E-state index in [-0.39, 0.29) is 11.9 Å². The Morgan fingerprint density at radius 1 is 1.38 bits per heavy atom. The summed E-state index contributed by atoms with van der Waals surface area (Å²) in [6, 6.07) is 6.46. The fraction of sp³-hybridized carbons (Fsp3) is 0.467. The zero-order valence-electron chi connectivity index (χ0n) is 11.9. The normalized spacial score (nSPS) is 22.8. The van der Waals surface area contributed by atoms with Crippen molar-refractivity contribution in [2.45, 2.75) is 38.5 Å². The number of nitrogens with zero attached hydrogens (tertiary/aromatic N) is 3.